The number of hydrogen-bond acceptors (Lipinski definition) is 3. The van der Waals surface area contributed by atoms with Gasteiger partial charge in [0.2, 0.25) is 0 Å². The summed E-state index contributed by atoms with van der Waals surface area (Å²) < 4.78 is 5.01. The lowest BCUT2D eigenvalue weighted by Gasteiger charge is -2.10. The van der Waals surface area contributed by atoms with Crippen molar-refractivity contribution in [3.05, 3.63) is 0 Å². The van der Waals surface area contributed by atoms with Crippen molar-refractivity contribution in [2.45, 2.75) is 33.2 Å². The minimum absolute atomic E-state index is 0.375. The lowest BCUT2D eigenvalue weighted by Crippen LogP contribution is -2.30. The van der Waals surface area contributed by atoms with Crippen LogP contribution in [0.1, 0.15) is 27.2 Å². The molecule has 1 heterocycles. The summed E-state index contributed by atoms with van der Waals surface area (Å²) in [5.74, 6) is 0.750. The van der Waals surface area contributed by atoms with Crippen LogP contribution in [-0.2, 0) is 4.74 Å². The molecule has 0 aromatic rings. The Labute approximate surface area is 82.0 Å². The molecule has 3 heteroatoms. The van der Waals surface area contributed by atoms with E-state index in [0.717, 1.165) is 38.6 Å². The lowest BCUT2D eigenvalue weighted by molar-refractivity contribution is 0.109. The maximum atomic E-state index is 5.49. The van der Waals surface area contributed by atoms with Gasteiger partial charge in [-0.05, 0) is 19.3 Å². The molecule has 3 nitrogen and oxygen atoms in total. The van der Waals surface area contributed by atoms with Crippen molar-refractivity contribution >= 4 is 0 Å². The Bertz CT molecular complexity index is 83.6. The van der Waals surface area contributed by atoms with Gasteiger partial charge in [0.25, 0.3) is 0 Å². The van der Waals surface area contributed by atoms with E-state index in [9.17, 15) is 0 Å². The maximum absolute atomic E-state index is 5.49. The van der Waals surface area contributed by atoms with Crippen molar-refractivity contribution in [3.8, 4) is 0 Å². The quantitative estimate of drug-likeness (QED) is 0.679. The fourth-order valence-corrected chi connectivity index (χ4v) is 1.26. The molecule has 80 valence electrons. The van der Waals surface area contributed by atoms with Gasteiger partial charge in [0.15, 0.2) is 0 Å². The second-order valence-corrected chi connectivity index (χ2v) is 3.97. The lowest BCUT2D eigenvalue weighted by atomic mass is 10.1. The van der Waals surface area contributed by atoms with Crippen molar-refractivity contribution in [2.24, 2.45) is 11.7 Å². The minimum Gasteiger partial charge on any atom is -0.379 e. The molecule has 1 fully saturated rings. The predicted molar refractivity (Wildman–Crippen MR) is 56.8 cm³/mol. The number of nitrogens with one attached hydrogen (secondary N) is 1. The predicted octanol–water partition coefficient (Wildman–Crippen LogP) is 0.986. The van der Waals surface area contributed by atoms with Crippen molar-refractivity contribution in [3.63, 3.8) is 0 Å². The van der Waals surface area contributed by atoms with Crippen LogP contribution in [0.15, 0.2) is 0 Å². The van der Waals surface area contributed by atoms with E-state index in [4.69, 9.17) is 10.5 Å². The molecule has 1 aliphatic rings. The highest BCUT2D eigenvalue weighted by Gasteiger charge is 1.96. The third-order valence-corrected chi connectivity index (χ3v) is 1.69. The normalized spacial score (nSPS) is 19.2. The van der Waals surface area contributed by atoms with E-state index in [1.807, 2.05) is 6.92 Å². The van der Waals surface area contributed by atoms with Crippen molar-refractivity contribution in [2.75, 3.05) is 26.3 Å². The molecule has 1 aliphatic heterocycles. The van der Waals surface area contributed by atoms with E-state index in [1.54, 1.807) is 0 Å². The van der Waals surface area contributed by atoms with Crippen LogP contribution in [0.2, 0.25) is 0 Å². The van der Waals surface area contributed by atoms with Crippen molar-refractivity contribution < 1.29 is 4.74 Å². The highest BCUT2D eigenvalue weighted by molar-refractivity contribution is 4.54. The van der Waals surface area contributed by atoms with Crippen LogP contribution >= 0.6 is 0 Å². The molecule has 0 spiro atoms. The Hall–Kier alpha value is -0.120. The van der Waals surface area contributed by atoms with Gasteiger partial charge < -0.3 is 15.8 Å². The molecule has 0 aromatic carbocycles. The van der Waals surface area contributed by atoms with Gasteiger partial charge in [-0.25, -0.2) is 0 Å². The number of rotatable bonds is 2. The molecule has 1 rings (SSSR count). The first kappa shape index (κ1) is 12.9. The van der Waals surface area contributed by atoms with Gasteiger partial charge in [-0.1, -0.05) is 13.8 Å². The Morgan fingerprint density at radius 3 is 1.85 bits per heavy atom. The second kappa shape index (κ2) is 8.48. The fourth-order valence-electron chi connectivity index (χ4n) is 1.26. The molecule has 1 atom stereocenters. The van der Waals surface area contributed by atoms with Gasteiger partial charge in [-0.2, -0.15) is 0 Å². The molecular formula is C10H24N2O. The third kappa shape index (κ3) is 11.9. The SMILES string of the molecule is C1COCCN1.CC(C)CC(C)N. The smallest absolute Gasteiger partial charge is 0.0591 e. The van der Waals surface area contributed by atoms with Crippen LogP contribution in [0.25, 0.3) is 0 Å². The number of morpholine rings is 1. The molecular weight excluding hydrogens is 164 g/mol. The molecule has 13 heavy (non-hydrogen) atoms. The maximum Gasteiger partial charge on any atom is 0.0591 e. The zero-order valence-corrected chi connectivity index (χ0v) is 9.18. The monoisotopic (exact) mass is 188 g/mol. The van der Waals surface area contributed by atoms with Gasteiger partial charge in [-0.15, -0.1) is 0 Å². The summed E-state index contributed by atoms with van der Waals surface area (Å²) in [5.41, 5.74) is 5.49. The van der Waals surface area contributed by atoms with E-state index < -0.39 is 0 Å². The summed E-state index contributed by atoms with van der Waals surface area (Å²) in [6, 6.07) is 0.375. The van der Waals surface area contributed by atoms with Gasteiger partial charge in [0.1, 0.15) is 0 Å². The Morgan fingerprint density at radius 2 is 1.77 bits per heavy atom. The summed E-state index contributed by atoms with van der Waals surface area (Å²) in [6.07, 6.45) is 1.14. The van der Waals surface area contributed by atoms with E-state index in [2.05, 4.69) is 19.2 Å². The summed E-state index contributed by atoms with van der Waals surface area (Å²) in [7, 11) is 0. The molecule has 0 amide bonds. The average molecular weight is 188 g/mol. The topological polar surface area (TPSA) is 47.3 Å². The number of ether oxygens (including phenoxy) is 1. The number of nitrogens with two attached hydrogens (primary N) is 1. The molecule has 1 unspecified atom stereocenters. The Morgan fingerprint density at radius 1 is 1.23 bits per heavy atom. The highest BCUT2D eigenvalue weighted by atomic mass is 16.5. The van der Waals surface area contributed by atoms with Crippen LogP contribution in [0.5, 0.6) is 0 Å². The standard InChI is InChI=1S/C6H15N.C4H9NO/c1-5(2)4-6(3)7;1-3-6-4-2-5-1/h5-6H,4,7H2,1-3H3;5H,1-4H2. The molecule has 0 radical (unpaired) electrons. The average Bonchev–Trinajstić information content (AvgIpc) is 2.06. The van der Waals surface area contributed by atoms with E-state index >= 15 is 0 Å². The highest BCUT2D eigenvalue weighted by Crippen LogP contribution is 2.00. The van der Waals surface area contributed by atoms with E-state index in [1.165, 1.54) is 0 Å². The molecule has 0 aliphatic carbocycles. The zero-order chi connectivity index (χ0) is 10.1. The first-order valence-corrected chi connectivity index (χ1v) is 5.17. The molecule has 0 bridgehead atoms. The van der Waals surface area contributed by atoms with E-state index in [-0.39, 0.29) is 0 Å². The molecule has 1 saturated heterocycles. The zero-order valence-electron chi connectivity index (χ0n) is 9.18. The van der Waals surface area contributed by atoms with Crippen LogP contribution in [0.3, 0.4) is 0 Å². The first-order chi connectivity index (χ1) is 6.13. The van der Waals surface area contributed by atoms with Gasteiger partial charge >= 0.3 is 0 Å². The van der Waals surface area contributed by atoms with Gasteiger partial charge in [-0.3, -0.25) is 0 Å². The Balaban J connectivity index is 0.000000223. The van der Waals surface area contributed by atoms with Crippen LogP contribution in [-0.4, -0.2) is 32.3 Å². The minimum atomic E-state index is 0.375. The largest absolute Gasteiger partial charge is 0.379 e. The van der Waals surface area contributed by atoms with Crippen molar-refractivity contribution in [1.82, 2.24) is 5.32 Å². The van der Waals surface area contributed by atoms with Crippen LogP contribution in [0, 0.1) is 5.92 Å². The van der Waals surface area contributed by atoms with Gasteiger partial charge in [0, 0.05) is 19.1 Å². The van der Waals surface area contributed by atoms with Crippen molar-refractivity contribution in [1.29, 1.82) is 0 Å². The third-order valence-electron chi connectivity index (χ3n) is 1.69. The first-order valence-electron chi connectivity index (χ1n) is 5.17. The molecule has 0 saturated carbocycles. The summed E-state index contributed by atoms with van der Waals surface area (Å²) in [6.45, 7) is 10.2. The summed E-state index contributed by atoms with van der Waals surface area (Å²) in [5, 5.41) is 3.16. The molecule has 0 aromatic heterocycles. The summed E-state index contributed by atoms with van der Waals surface area (Å²) >= 11 is 0. The van der Waals surface area contributed by atoms with E-state index in [0.29, 0.717) is 6.04 Å². The van der Waals surface area contributed by atoms with Crippen LogP contribution < -0.4 is 11.1 Å². The summed E-state index contributed by atoms with van der Waals surface area (Å²) in [4.78, 5) is 0. The second-order valence-electron chi connectivity index (χ2n) is 3.97. The number of hydrogen-bond donors (Lipinski definition) is 2. The molecule has 3 N–H and O–H groups in total. The van der Waals surface area contributed by atoms with Crippen LogP contribution in [0.4, 0.5) is 0 Å². The van der Waals surface area contributed by atoms with Gasteiger partial charge in [0.05, 0.1) is 13.2 Å². The fraction of sp³-hybridized carbons (Fsp3) is 1.00. The Kier molecular flexibility index (Phi) is 8.40.